The van der Waals surface area contributed by atoms with Crippen molar-refractivity contribution in [3.63, 3.8) is 0 Å². The number of carbonyl (C=O) groups is 2. The molecule has 132 valence electrons. The summed E-state index contributed by atoms with van der Waals surface area (Å²) in [6.45, 7) is 3.68. The third kappa shape index (κ3) is 7.08. The number of hydrogen-bond donors (Lipinski definition) is 2. The van der Waals surface area contributed by atoms with Crippen molar-refractivity contribution < 1.29 is 22.8 Å². The van der Waals surface area contributed by atoms with E-state index in [1.807, 2.05) is 6.92 Å². The molecule has 2 atom stereocenters. The molecule has 0 aromatic heterocycles. The van der Waals surface area contributed by atoms with Gasteiger partial charge < -0.3 is 11.1 Å². The molecule has 0 heterocycles. The highest BCUT2D eigenvalue weighted by molar-refractivity contribution is 8.00. The smallest absolute Gasteiger partial charge is 0.368 e. The van der Waals surface area contributed by atoms with Gasteiger partial charge in [-0.05, 0) is 41.5 Å². The van der Waals surface area contributed by atoms with Crippen LogP contribution in [-0.4, -0.2) is 23.4 Å². The average molecular weight is 360 g/mol. The number of amides is 2. The van der Waals surface area contributed by atoms with Crippen molar-refractivity contribution in [3.8, 4) is 0 Å². The van der Waals surface area contributed by atoms with Crippen LogP contribution in [0.15, 0.2) is 35.2 Å². The van der Waals surface area contributed by atoms with Crippen molar-refractivity contribution in [2.45, 2.75) is 36.7 Å². The number of nitrogens with one attached hydrogen (secondary N) is 1. The van der Waals surface area contributed by atoms with E-state index in [0.29, 0.717) is 12.0 Å². The Morgan fingerprint density at radius 2 is 1.88 bits per heavy atom. The summed E-state index contributed by atoms with van der Waals surface area (Å²) >= 11 is -0.204. The molecular formula is C16H19F3N2O2S. The van der Waals surface area contributed by atoms with Crippen LogP contribution >= 0.6 is 11.8 Å². The number of rotatable bonds is 7. The summed E-state index contributed by atoms with van der Waals surface area (Å²) in [7, 11) is 0. The normalized spacial score (nSPS) is 14.4. The summed E-state index contributed by atoms with van der Waals surface area (Å²) in [5.41, 5.74) is 1.49. The van der Waals surface area contributed by atoms with Gasteiger partial charge in [-0.2, -0.15) is 13.2 Å². The van der Waals surface area contributed by atoms with Gasteiger partial charge in [0.1, 0.15) is 6.04 Å². The number of alkyl halides is 3. The molecule has 1 aromatic carbocycles. The molecule has 0 bridgehead atoms. The van der Waals surface area contributed by atoms with Crippen molar-refractivity contribution in [2.24, 2.45) is 11.7 Å². The molecule has 1 aromatic rings. The van der Waals surface area contributed by atoms with Gasteiger partial charge in [-0.25, -0.2) is 0 Å². The third-order valence-electron chi connectivity index (χ3n) is 3.36. The summed E-state index contributed by atoms with van der Waals surface area (Å²) < 4.78 is 36.7. The van der Waals surface area contributed by atoms with Crippen LogP contribution in [0.5, 0.6) is 0 Å². The van der Waals surface area contributed by atoms with E-state index in [9.17, 15) is 22.8 Å². The first kappa shape index (κ1) is 20.1. The number of primary amides is 1. The molecule has 0 fully saturated rings. The van der Waals surface area contributed by atoms with Crippen LogP contribution in [0.1, 0.15) is 25.8 Å². The standard InChI is InChI=1S/C16H19F3N2O2S/c1-3-10(2)14(15(20)23)21-13(22)9-6-11-4-7-12(8-5-11)24-16(17,18)19/h4-10,14H,3H2,1-2H3,(H2,20,23)(H,21,22)/b9-6+. The Morgan fingerprint density at radius 3 is 2.33 bits per heavy atom. The third-order valence-corrected chi connectivity index (χ3v) is 4.10. The van der Waals surface area contributed by atoms with E-state index < -0.39 is 23.4 Å². The van der Waals surface area contributed by atoms with Crippen molar-refractivity contribution in [3.05, 3.63) is 35.9 Å². The summed E-state index contributed by atoms with van der Waals surface area (Å²) in [4.78, 5) is 23.3. The predicted octanol–water partition coefficient (Wildman–Crippen LogP) is 3.33. The van der Waals surface area contributed by atoms with Crippen LogP contribution in [0.25, 0.3) is 6.08 Å². The molecule has 0 saturated carbocycles. The molecule has 3 N–H and O–H groups in total. The van der Waals surface area contributed by atoms with E-state index in [-0.39, 0.29) is 22.6 Å². The Kier molecular flexibility index (Phi) is 7.34. The quantitative estimate of drug-likeness (QED) is 0.579. The molecule has 24 heavy (non-hydrogen) atoms. The first-order chi connectivity index (χ1) is 11.1. The Hall–Kier alpha value is -1.96. The van der Waals surface area contributed by atoms with Crippen molar-refractivity contribution in [2.75, 3.05) is 0 Å². The predicted molar refractivity (Wildman–Crippen MR) is 88.0 cm³/mol. The van der Waals surface area contributed by atoms with Gasteiger partial charge in [0.15, 0.2) is 0 Å². The van der Waals surface area contributed by atoms with Crippen LogP contribution in [0.3, 0.4) is 0 Å². The molecule has 8 heteroatoms. The second-order valence-corrected chi connectivity index (χ2v) is 6.36. The fraction of sp³-hybridized carbons (Fsp3) is 0.375. The van der Waals surface area contributed by atoms with Gasteiger partial charge >= 0.3 is 5.51 Å². The lowest BCUT2D eigenvalue weighted by molar-refractivity contribution is -0.126. The SMILES string of the molecule is CCC(C)C(NC(=O)/C=C/c1ccc(SC(F)(F)F)cc1)C(N)=O. The van der Waals surface area contributed by atoms with Crippen molar-refractivity contribution in [1.29, 1.82) is 0 Å². The second-order valence-electron chi connectivity index (χ2n) is 5.22. The maximum absolute atomic E-state index is 12.2. The zero-order chi connectivity index (χ0) is 18.3. The molecule has 0 aliphatic heterocycles. The molecule has 0 aliphatic rings. The number of halogens is 3. The van der Waals surface area contributed by atoms with E-state index in [1.165, 1.54) is 36.4 Å². The van der Waals surface area contributed by atoms with E-state index >= 15 is 0 Å². The van der Waals surface area contributed by atoms with Crippen molar-refractivity contribution >= 4 is 29.7 Å². The van der Waals surface area contributed by atoms with E-state index in [1.54, 1.807) is 6.92 Å². The van der Waals surface area contributed by atoms with Crippen LogP contribution in [0.4, 0.5) is 13.2 Å². The lowest BCUT2D eigenvalue weighted by atomic mass is 9.98. The van der Waals surface area contributed by atoms with Gasteiger partial charge in [0.2, 0.25) is 11.8 Å². The van der Waals surface area contributed by atoms with Crippen LogP contribution in [-0.2, 0) is 9.59 Å². The van der Waals surface area contributed by atoms with Crippen molar-refractivity contribution in [1.82, 2.24) is 5.32 Å². The van der Waals surface area contributed by atoms with Crippen LogP contribution in [0, 0.1) is 5.92 Å². The summed E-state index contributed by atoms with van der Waals surface area (Å²) in [6, 6.07) is 4.82. The first-order valence-electron chi connectivity index (χ1n) is 7.26. The Labute approximate surface area is 142 Å². The highest BCUT2D eigenvalue weighted by atomic mass is 32.2. The minimum absolute atomic E-state index is 0.0645. The van der Waals surface area contributed by atoms with Gasteiger partial charge in [0.05, 0.1) is 0 Å². The summed E-state index contributed by atoms with van der Waals surface area (Å²) in [6.07, 6.45) is 3.34. The molecule has 0 spiro atoms. The summed E-state index contributed by atoms with van der Waals surface area (Å²) in [5, 5.41) is 2.53. The van der Waals surface area contributed by atoms with Gasteiger partial charge in [-0.1, -0.05) is 32.4 Å². The van der Waals surface area contributed by atoms with Crippen LogP contribution in [0.2, 0.25) is 0 Å². The van der Waals surface area contributed by atoms with E-state index in [4.69, 9.17) is 5.73 Å². The number of nitrogens with two attached hydrogens (primary N) is 1. The molecule has 0 aliphatic carbocycles. The largest absolute Gasteiger partial charge is 0.446 e. The van der Waals surface area contributed by atoms with Gasteiger partial charge in [0, 0.05) is 11.0 Å². The molecule has 4 nitrogen and oxygen atoms in total. The minimum Gasteiger partial charge on any atom is -0.368 e. The molecule has 2 unspecified atom stereocenters. The molecule has 2 amide bonds. The first-order valence-corrected chi connectivity index (χ1v) is 8.07. The maximum Gasteiger partial charge on any atom is 0.446 e. The average Bonchev–Trinajstić information content (AvgIpc) is 2.49. The zero-order valence-corrected chi connectivity index (χ0v) is 14.1. The Balaban J connectivity index is 2.68. The van der Waals surface area contributed by atoms with Gasteiger partial charge in [-0.15, -0.1) is 0 Å². The van der Waals surface area contributed by atoms with E-state index in [2.05, 4.69) is 5.32 Å². The monoisotopic (exact) mass is 360 g/mol. The number of hydrogen-bond acceptors (Lipinski definition) is 3. The lowest BCUT2D eigenvalue weighted by Crippen LogP contribution is -2.47. The van der Waals surface area contributed by atoms with Crippen LogP contribution < -0.4 is 11.1 Å². The maximum atomic E-state index is 12.2. The second kappa shape index (κ2) is 8.77. The molecule has 0 saturated heterocycles. The fourth-order valence-electron chi connectivity index (χ4n) is 1.88. The van der Waals surface area contributed by atoms with Gasteiger partial charge in [-0.3, -0.25) is 9.59 Å². The lowest BCUT2D eigenvalue weighted by Gasteiger charge is -2.20. The summed E-state index contributed by atoms with van der Waals surface area (Å²) in [5.74, 6) is -1.20. The molecular weight excluding hydrogens is 341 g/mol. The number of thioether (sulfide) groups is 1. The highest BCUT2D eigenvalue weighted by Crippen LogP contribution is 2.36. The zero-order valence-electron chi connectivity index (χ0n) is 13.3. The Morgan fingerprint density at radius 1 is 1.29 bits per heavy atom. The molecule has 1 rings (SSSR count). The Bertz CT molecular complexity index is 600. The number of carbonyl (C=O) groups excluding carboxylic acids is 2. The highest BCUT2D eigenvalue weighted by Gasteiger charge is 2.29. The fourth-order valence-corrected chi connectivity index (χ4v) is 2.42. The minimum atomic E-state index is -4.34. The topological polar surface area (TPSA) is 72.2 Å². The van der Waals surface area contributed by atoms with E-state index in [0.717, 1.165) is 0 Å². The van der Waals surface area contributed by atoms with Gasteiger partial charge in [0.25, 0.3) is 0 Å². The number of benzene rings is 1. The molecule has 0 radical (unpaired) electrons.